The van der Waals surface area contributed by atoms with Gasteiger partial charge < -0.3 is 14.6 Å². The van der Waals surface area contributed by atoms with Gasteiger partial charge in [0.05, 0.1) is 0 Å². The Morgan fingerprint density at radius 1 is 1.00 bits per heavy atom. The van der Waals surface area contributed by atoms with Gasteiger partial charge in [0, 0.05) is 29.5 Å². The summed E-state index contributed by atoms with van der Waals surface area (Å²) in [5.74, 6) is 0.833. The minimum absolute atomic E-state index is 0.358. The molecule has 0 spiro atoms. The molecule has 8 heteroatoms. The van der Waals surface area contributed by atoms with Crippen LogP contribution >= 0.6 is 15.9 Å². The summed E-state index contributed by atoms with van der Waals surface area (Å²) in [4.78, 5) is 35.9. The molecule has 0 atom stereocenters. The predicted octanol–water partition coefficient (Wildman–Crippen LogP) is 2.74. The van der Waals surface area contributed by atoms with Crippen molar-refractivity contribution in [1.82, 2.24) is 9.13 Å². The van der Waals surface area contributed by atoms with Gasteiger partial charge in [-0.2, -0.15) is 0 Å². The fourth-order valence-electron chi connectivity index (χ4n) is 2.35. The molecule has 0 aliphatic heterocycles. The topological polar surface area (TPSA) is 82.3 Å². The summed E-state index contributed by atoms with van der Waals surface area (Å²) in [7, 11) is 1.51. The van der Waals surface area contributed by atoms with Crippen LogP contribution in [0.3, 0.4) is 0 Å². The number of halogens is 1. The number of hydrogen-bond donors (Lipinski definition) is 1. The Hall–Kier alpha value is -3.13. The van der Waals surface area contributed by atoms with Crippen LogP contribution in [0.25, 0.3) is 0 Å². The lowest BCUT2D eigenvalue weighted by molar-refractivity contribution is -0.116. The molecular weight excluding hydrogens is 414 g/mol. The first kappa shape index (κ1) is 18.7. The Balaban J connectivity index is 1.65. The van der Waals surface area contributed by atoms with Gasteiger partial charge in [-0.05, 0) is 48.5 Å². The van der Waals surface area contributed by atoms with Gasteiger partial charge in [0.1, 0.15) is 18.0 Å². The molecule has 0 saturated heterocycles. The first-order chi connectivity index (χ1) is 12.9. The lowest BCUT2D eigenvalue weighted by Gasteiger charge is -2.09. The molecule has 2 aromatic carbocycles. The Morgan fingerprint density at radius 2 is 1.59 bits per heavy atom. The summed E-state index contributed by atoms with van der Waals surface area (Å²) in [5.41, 5.74) is -0.536. The van der Waals surface area contributed by atoms with E-state index < -0.39 is 17.2 Å². The number of aromatic nitrogens is 2. The van der Waals surface area contributed by atoms with Crippen LogP contribution in [-0.2, 0) is 18.4 Å². The summed E-state index contributed by atoms with van der Waals surface area (Å²) in [5, 5.41) is 2.65. The molecule has 1 aromatic heterocycles. The number of carbonyl (C=O) groups excluding carboxylic acids is 1. The molecule has 138 valence electrons. The van der Waals surface area contributed by atoms with Crippen LogP contribution in [0.15, 0.2) is 74.9 Å². The Bertz CT molecular complexity index is 1070. The van der Waals surface area contributed by atoms with Crippen molar-refractivity contribution < 1.29 is 9.53 Å². The van der Waals surface area contributed by atoms with E-state index in [9.17, 15) is 14.4 Å². The third-order valence-corrected chi connectivity index (χ3v) is 4.26. The van der Waals surface area contributed by atoms with Crippen molar-refractivity contribution in [2.75, 3.05) is 5.32 Å². The first-order valence-electron chi connectivity index (χ1n) is 8.02. The second-order valence-corrected chi connectivity index (χ2v) is 6.68. The Labute approximate surface area is 163 Å². The standard InChI is InChI=1S/C19H16BrN3O4/c1-22-11-10-18(25)23(19(22)26)12-17(24)21-14-4-8-16(9-5-14)27-15-6-2-13(20)3-7-15/h2-11H,12H2,1H3,(H,21,24). The zero-order chi connectivity index (χ0) is 19.4. The molecule has 1 heterocycles. The fraction of sp³-hybridized carbons (Fsp3) is 0.105. The quantitative estimate of drug-likeness (QED) is 0.675. The van der Waals surface area contributed by atoms with E-state index in [1.54, 1.807) is 24.3 Å². The average molecular weight is 430 g/mol. The maximum absolute atomic E-state index is 12.2. The molecule has 7 nitrogen and oxygen atoms in total. The number of rotatable bonds is 5. The lowest BCUT2D eigenvalue weighted by Crippen LogP contribution is -2.40. The van der Waals surface area contributed by atoms with Crippen molar-refractivity contribution in [3.8, 4) is 11.5 Å². The number of benzene rings is 2. The maximum atomic E-state index is 12.2. The van der Waals surface area contributed by atoms with Gasteiger partial charge in [-0.15, -0.1) is 0 Å². The minimum atomic E-state index is -0.545. The summed E-state index contributed by atoms with van der Waals surface area (Å²) >= 11 is 3.36. The van der Waals surface area contributed by atoms with E-state index in [4.69, 9.17) is 4.74 Å². The average Bonchev–Trinajstić information content (AvgIpc) is 2.65. The van der Waals surface area contributed by atoms with Crippen molar-refractivity contribution >= 4 is 27.5 Å². The van der Waals surface area contributed by atoms with E-state index in [1.807, 2.05) is 24.3 Å². The van der Waals surface area contributed by atoms with Crippen LogP contribution in [0, 0.1) is 0 Å². The summed E-state index contributed by atoms with van der Waals surface area (Å²) in [6.07, 6.45) is 1.36. The molecule has 0 aliphatic carbocycles. The van der Waals surface area contributed by atoms with E-state index in [2.05, 4.69) is 21.2 Å². The van der Waals surface area contributed by atoms with Gasteiger partial charge in [-0.1, -0.05) is 15.9 Å². The molecule has 0 aliphatic rings. The first-order valence-corrected chi connectivity index (χ1v) is 8.81. The zero-order valence-corrected chi connectivity index (χ0v) is 16.0. The molecular formula is C19H16BrN3O4. The van der Waals surface area contributed by atoms with Crippen molar-refractivity contribution in [2.45, 2.75) is 6.54 Å². The van der Waals surface area contributed by atoms with E-state index in [-0.39, 0.29) is 6.54 Å². The number of aryl methyl sites for hydroxylation is 1. The lowest BCUT2D eigenvalue weighted by atomic mass is 10.3. The Morgan fingerprint density at radius 3 is 2.22 bits per heavy atom. The van der Waals surface area contributed by atoms with Crippen molar-refractivity contribution in [3.63, 3.8) is 0 Å². The van der Waals surface area contributed by atoms with Crippen molar-refractivity contribution in [3.05, 3.63) is 86.1 Å². The van der Waals surface area contributed by atoms with E-state index in [1.165, 1.54) is 23.9 Å². The van der Waals surface area contributed by atoms with Gasteiger partial charge in [-0.3, -0.25) is 14.2 Å². The van der Waals surface area contributed by atoms with E-state index in [0.717, 1.165) is 9.04 Å². The molecule has 27 heavy (non-hydrogen) atoms. The number of nitrogens with zero attached hydrogens (tertiary/aromatic N) is 2. The van der Waals surface area contributed by atoms with Crippen LogP contribution < -0.4 is 21.3 Å². The fourth-order valence-corrected chi connectivity index (χ4v) is 2.61. The summed E-state index contributed by atoms with van der Waals surface area (Å²) < 4.78 is 8.78. The maximum Gasteiger partial charge on any atom is 0.331 e. The number of nitrogens with one attached hydrogen (secondary N) is 1. The molecule has 0 fully saturated rings. The summed E-state index contributed by atoms with van der Waals surface area (Å²) in [6, 6.07) is 15.4. The van der Waals surface area contributed by atoms with E-state index >= 15 is 0 Å². The van der Waals surface area contributed by atoms with Gasteiger partial charge in [0.15, 0.2) is 0 Å². The Kier molecular flexibility index (Phi) is 5.56. The molecule has 1 amide bonds. The molecule has 0 unspecified atom stereocenters. The summed E-state index contributed by atoms with van der Waals surface area (Å²) in [6.45, 7) is -0.358. The third kappa shape index (κ3) is 4.73. The minimum Gasteiger partial charge on any atom is -0.457 e. The van der Waals surface area contributed by atoms with Gasteiger partial charge >= 0.3 is 5.69 Å². The molecule has 1 N–H and O–H groups in total. The van der Waals surface area contributed by atoms with Crippen LogP contribution in [-0.4, -0.2) is 15.0 Å². The van der Waals surface area contributed by atoms with Crippen LogP contribution in [0.5, 0.6) is 11.5 Å². The molecule has 3 aromatic rings. The predicted molar refractivity (Wildman–Crippen MR) is 105 cm³/mol. The van der Waals surface area contributed by atoms with Crippen LogP contribution in [0.1, 0.15) is 0 Å². The molecule has 0 radical (unpaired) electrons. The second-order valence-electron chi connectivity index (χ2n) is 5.76. The van der Waals surface area contributed by atoms with Gasteiger partial charge in [0.2, 0.25) is 5.91 Å². The number of carbonyl (C=O) groups is 1. The highest BCUT2D eigenvalue weighted by Crippen LogP contribution is 2.24. The number of anilines is 1. The van der Waals surface area contributed by atoms with Gasteiger partial charge in [-0.25, -0.2) is 4.79 Å². The zero-order valence-electron chi connectivity index (χ0n) is 14.4. The largest absolute Gasteiger partial charge is 0.457 e. The van der Waals surface area contributed by atoms with Crippen molar-refractivity contribution in [2.24, 2.45) is 7.05 Å². The smallest absolute Gasteiger partial charge is 0.331 e. The molecule has 3 rings (SSSR count). The SMILES string of the molecule is Cn1ccc(=O)n(CC(=O)Nc2ccc(Oc3ccc(Br)cc3)cc2)c1=O. The highest BCUT2D eigenvalue weighted by Gasteiger charge is 2.09. The van der Waals surface area contributed by atoms with Gasteiger partial charge in [0.25, 0.3) is 5.56 Å². The third-order valence-electron chi connectivity index (χ3n) is 3.73. The monoisotopic (exact) mass is 429 g/mol. The highest BCUT2D eigenvalue weighted by atomic mass is 79.9. The van der Waals surface area contributed by atoms with Crippen molar-refractivity contribution in [1.29, 1.82) is 0 Å². The number of amides is 1. The van der Waals surface area contributed by atoms with Crippen LogP contribution in [0.2, 0.25) is 0 Å². The molecule has 0 saturated carbocycles. The highest BCUT2D eigenvalue weighted by molar-refractivity contribution is 9.10. The van der Waals surface area contributed by atoms with E-state index in [0.29, 0.717) is 17.2 Å². The normalized spacial score (nSPS) is 10.4. The number of hydrogen-bond acceptors (Lipinski definition) is 4. The second kappa shape index (κ2) is 8.05. The number of ether oxygens (including phenoxy) is 1. The molecule has 0 bridgehead atoms. The van der Waals surface area contributed by atoms with Crippen LogP contribution in [0.4, 0.5) is 5.69 Å².